The van der Waals surface area contributed by atoms with Gasteiger partial charge in [0.1, 0.15) is 0 Å². The van der Waals surface area contributed by atoms with Gasteiger partial charge in [0.2, 0.25) is 0 Å². The molecule has 136 valence electrons. The molecule has 22 heavy (non-hydrogen) atoms. The fourth-order valence-electron chi connectivity index (χ4n) is 0.974. The van der Waals surface area contributed by atoms with Crippen LogP contribution in [0.2, 0.25) is 0 Å². The molecule has 0 aliphatic heterocycles. The van der Waals surface area contributed by atoms with E-state index in [4.69, 9.17) is 19.7 Å². The summed E-state index contributed by atoms with van der Waals surface area (Å²) < 4.78 is 14.3. The van der Waals surface area contributed by atoms with E-state index in [1.807, 2.05) is 13.8 Å². The minimum absolute atomic E-state index is 0.182. The van der Waals surface area contributed by atoms with E-state index in [-0.39, 0.29) is 5.97 Å². The summed E-state index contributed by atoms with van der Waals surface area (Å²) in [5.41, 5.74) is 0. The minimum atomic E-state index is -0.441. The predicted molar refractivity (Wildman–Crippen MR) is 87.9 cm³/mol. The summed E-state index contributed by atoms with van der Waals surface area (Å²) in [7, 11) is 0. The van der Waals surface area contributed by atoms with E-state index in [9.17, 15) is 4.79 Å². The highest BCUT2D eigenvalue weighted by atomic mass is 16.5. The zero-order valence-electron chi connectivity index (χ0n) is 15.1. The molecule has 0 saturated heterocycles. The van der Waals surface area contributed by atoms with Gasteiger partial charge in [0.05, 0.1) is 32.0 Å². The Morgan fingerprint density at radius 2 is 1.41 bits per heavy atom. The van der Waals surface area contributed by atoms with Crippen LogP contribution in [0.5, 0.6) is 0 Å². The highest BCUT2D eigenvalue weighted by Gasteiger charge is 1.97. The standard InChI is InChI=1S/C6H14O3.C6H12O2.C4H10O/c1-5(7)3-9-4-6(2)8;1-3-4-5-8-6(2)7;1-3-5-4-2/h5-8H,3-4H2,1-2H3;3-5H2,1-2H3;3-4H2,1-2H3. The first-order valence-electron chi connectivity index (χ1n) is 7.96. The molecule has 0 aromatic carbocycles. The molecule has 0 aromatic rings. The van der Waals surface area contributed by atoms with Gasteiger partial charge in [-0.3, -0.25) is 4.79 Å². The van der Waals surface area contributed by atoms with Gasteiger partial charge in [0, 0.05) is 20.1 Å². The van der Waals surface area contributed by atoms with Crippen LogP contribution >= 0.6 is 0 Å². The smallest absolute Gasteiger partial charge is 0.302 e. The second kappa shape index (κ2) is 22.6. The van der Waals surface area contributed by atoms with Crippen molar-refractivity contribution in [2.24, 2.45) is 0 Å². The quantitative estimate of drug-likeness (QED) is 0.499. The molecule has 0 rings (SSSR count). The monoisotopic (exact) mass is 324 g/mol. The number of carbonyl (C=O) groups excluding carboxylic acids is 1. The van der Waals surface area contributed by atoms with Crippen molar-refractivity contribution in [3.8, 4) is 0 Å². The molecule has 0 fully saturated rings. The third-order valence-electron chi connectivity index (χ3n) is 1.93. The van der Waals surface area contributed by atoms with Crippen LogP contribution in [0.15, 0.2) is 0 Å². The Hall–Kier alpha value is -0.690. The van der Waals surface area contributed by atoms with Crippen molar-refractivity contribution in [1.82, 2.24) is 0 Å². The molecule has 0 saturated carbocycles. The molecule has 6 heteroatoms. The van der Waals surface area contributed by atoms with Gasteiger partial charge in [0.15, 0.2) is 0 Å². The van der Waals surface area contributed by atoms with Gasteiger partial charge >= 0.3 is 5.97 Å². The number of ether oxygens (including phenoxy) is 3. The maximum absolute atomic E-state index is 10.1. The molecule has 2 unspecified atom stereocenters. The lowest BCUT2D eigenvalue weighted by molar-refractivity contribution is -0.141. The highest BCUT2D eigenvalue weighted by molar-refractivity contribution is 5.65. The Labute approximate surface area is 135 Å². The zero-order valence-corrected chi connectivity index (χ0v) is 15.1. The number of esters is 1. The first-order chi connectivity index (χ1) is 10.3. The largest absolute Gasteiger partial charge is 0.466 e. The Morgan fingerprint density at radius 1 is 0.955 bits per heavy atom. The Kier molecular flexibility index (Phi) is 26.9. The maximum Gasteiger partial charge on any atom is 0.302 e. The van der Waals surface area contributed by atoms with E-state index < -0.39 is 12.2 Å². The first-order valence-corrected chi connectivity index (χ1v) is 7.96. The van der Waals surface area contributed by atoms with Gasteiger partial charge in [-0.15, -0.1) is 0 Å². The summed E-state index contributed by atoms with van der Waals surface area (Å²) >= 11 is 0. The molecule has 2 N–H and O–H groups in total. The molecule has 0 aliphatic rings. The summed E-state index contributed by atoms with van der Waals surface area (Å²) in [6, 6.07) is 0. The molecular formula is C16H36O6. The van der Waals surface area contributed by atoms with Gasteiger partial charge in [-0.2, -0.15) is 0 Å². The van der Waals surface area contributed by atoms with Crippen LogP contribution in [0, 0.1) is 0 Å². The van der Waals surface area contributed by atoms with Crippen LogP contribution in [0.4, 0.5) is 0 Å². The van der Waals surface area contributed by atoms with Crippen molar-refractivity contribution in [3.05, 3.63) is 0 Å². The van der Waals surface area contributed by atoms with Gasteiger partial charge in [0.25, 0.3) is 0 Å². The SMILES string of the molecule is CC(O)COCC(C)O.CCCCOC(C)=O.CCOCC. The van der Waals surface area contributed by atoms with Gasteiger partial charge in [-0.1, -0.05) is 13.3 Å². The first kappa shape index (κ1) is 26.2. The van der Waals surface area contributed by atoms with Crippen molar-refractivity contribution < 1.29 is 29.2 Å². The van der Waals surface area contributed by atoms with E-state index in [2.05, 4.69) is 11.7 Å². The minimum Gasteiger partial charge on any atom is -0.466 e. The van der Waals surface area contributed by atoms with Crippen LogP contribution in [0.25, 0.3) is 0 Å². The molecule has 0 radical (unpaired) electrons. The summed E-state index contributed by atoms with van der Waals surface area (Å²) in [4.78, 5) is 10.1. The Bertz CT molecular complexity index is 197. The van der Waals surface area contributed by atoms with Gasteiger partial charge in [-0.05, 0) is 34.1 Å². The van der Waals surface area contributed by atoms with E-state index in [1.165, 1.54) is 6.92 Å². The molecule has 0 spiro atoms. The van der Waals surface area contributed by atoms with Crippen LogP contribution in [-0.2, 0) is 19.0 Å². The maximum atomic E-state index is 10.1. The molecule has 0 aromatic heterocycles. The number of rotatable bonds is 9. The van der Waals surface area contributed by atoms with Gasteiger partial charge in [-0.25, -0.2) is 0 Å². The fourth-order valence-corrected chi connectivity index (χ4v) is 0.974. The third-order valence-corrected chi connectivity index (χ3v) is 1.93. The molecular weight excluding hydrogens is 288 g/mol. The summed E-state index contributed by atoms with van der Waals surface area (Å²) in [6.07, 6.45) is 1.17. The summed E-state index contributed by atoms with van der Waals surface area (Å²) in [6.45, 7) is 13.6. The van der Waals surface area contributed by atoms with Crippen LogP contribution < -0.4 is 0 Å². The molecule has 2 atom stereocenters. The molecule has 0 aliphatic carbocycles. The number of aliphatic hydroxyl groups is 2. The fraction of sp³-hybridized carbons (Fsp3) is 0.938. The topological polar surface area (TPSA) is 85.2 Å². The number of carbonyl (C=O) groups is 1. The average molecular weight is 324 g/mol. The average Bonchev–Trinajstić information content (AvgIpc) is 2.40. The van der Waals surface area contributed by atoms with Crippen molar-refractivity contribution in [3.63, 3.8) is 0 Å². The van der Waals surface area contributed by atoms with Crippen LogP contribution in [-0.4, -0.2) is 61.4 Å². The van der Waals surface area contributed by atoms with Crippen molar-refractivity contribution >= 4 is 5.97 Å². The summed E-state index contributed by atoms with van der Waals surface area (Å²) in [5.74, 6) is -0.182. The predicted octanol–water partition coefficient (Wildman–Crippen LogP) is 2.16. The number of hydrogen-bond acceptors (Lipinski definition) is 6. The number of unbranched alkanes of at least 4 members (excludes halogenated alkanes) is 1. The zero-order chi connectivity index (χ0) is 17.8. The molecule has 0 amide bonds. The second-order valence-corrected chi connectivity index (χ2v) is 4.71. The number of hydrogen-bond donors (Lipinski definition) is 2. The van der Waals surface area contributed by atoms with Crippen LogP contribution in [0.1, 0.15) is 54.4 Å². The van der Waals surface area contributed by atoms with E-state index in [0.717, 1.165) is 26.1 Å². The highest BCUT2D eigenvalue weighted by Crippen LogP contribution is 1.87. The molecule has 0 bridgehead atoms. The lowest BCUT2D eigenvalue weighted by atomic mass is 10.4. The Morgan fingerprint density at radius 3 is 1.64 bits per heavy atom. The van der Waals surface area contributed by atoms with Crippen molar-refractivity contribution in [2.45, 2.75) is 66.6 Å². The summed E-state index contributed by atoms with van der Waals surface area (Å²) in [5, 5.41) is 17.3. The van der Waals surface area contributed by atoms with Gasteiger partial charge < -0.3 is 24.4 Å². The van der Waals surface area contributed by atoms with E-state index in [0.29, 0.717) is 19.8 Å². The lowest BCUT2D eigenvalue weighted by Gasteiger charge is -2.06. The van der Waals surface area contributed by atoms with E-state index in [1.54, 1.807) is 13.8 Å². The number of aliphatic hydroxyl groups excluding tert-OH is 2. The molecule has 6 nitrogen and oxygen atoms in total. The Balaban J connectivity index is -0.000000257. The third kappa shape index (κ3) is 42.7. The molecule has 0 heterocycles. The normalized spacial score (nSPS) is 12.2. The van der Waals surface area contributed by atoms with E-state index >= 15 is 0 Å². The lowest BCUT2D eigenvalue weighted by Crippen LogP contribution is -2.16. The van der Waals surface area contributed by atoms with Crippen molar-refractivity contribution in [1.29, 1.82) is 0 Å². The second-order valence-electron chi connectivity index (χ2n) is 4.71. The van der Waals surface area contributed by atoms with Crippen molar-refractivity contribution in [2.75, 3.05) is 33.0 Å². The van der Waals surface area contributed by atoms with Crippen LogP contribution in [0.3, 0.4) is 0 Å².